The Bertz CT molecular complexity index is 700. The molecule has 140 valence electrons. The highest BCUT2D eigenvalue weighted by Crippen LogP contribution is 2.19. The zero-order valence-electron chi connectivity index (χ0n) is 15.3. The fourth-order valence-electron chi connectivity index (χ4n) is 2.72. The van der Waals surface area contributed by atoms with Crippen molar-refractivity contribution in [1.29, 1.82) is 0 Å². The summed E-state index contributed by atoms with van der Waals surface area (Å²) in [5.74, 6) is -0.248. The van der Waals surface area contributed by atoms with Crippen LogP contribution in [-0.4, -0.2) is 40.5 Å². The Morgan fingerprint density at radius 2 is 2.12 bits per heavy atom. The number of hydrogen-bond donors (Lipinski definition) is 2. The number of nitrogens with one attached hydrogen (secondary N) is 1. The van der Waals surface area contributed by atoms with Gasteiger partial charge in [-0.2, -0.15) is 5.10 Å². The largest absolute Gasteiger partial charge is 0.480 e. The van der Waals surface area contributed by atoms with E-state index < -0.39 is 12.0 Å². The van der Waals surface area contributed by atoms with Crippen molar-refractivity contribution in [3.8, 4) is 11.5 Å². The molecule has 7 nitrogen and oxygen atoms in total. The maximum atomic E-state index is 11.4. The summed E-state index contributed by atoms with van der Waals surface area (Å²) in [5.41, 5.74) is 4.69. The number of aryl methyl sites for hydroxylation is 1. The molecule has 0 saturated carbocycles. The predicted octanol–water partition coefficient (Wildman–Crippen LogP) is 3.34. The number of hydrazine groups is 1. The summed E-state index contributed by atoms with van der Waals surface area (Å²) >= 11 is 0. The van der Waals surface area contributed by atoms with Crippen LogP contribution in [-0.2, 0) is 11.2 Å². The van der Waals surface area contributed by atoms with Gasteiger partial charge in [0.2, 0.25) is 5.89 Å². The Hall–Kier alpha value is -2.67. The molecule has 0 bridgehead atoms. The Kier molecular flexibility index (Phi) is 7.82. The summed E-state index contributed by atoms with van der Waals surface area (Å²) < 4.78 is 5.53. The van der Waals surface area contributed by atoms with E-state index >= 15 is 0 Å². The second-order valence-electron chi connectivity index (χ2n) is 5.91. The predicted molar refractivity (Wildman–Crippen MR) is 101 cm³/mol. The van der Waals surface area contributed by atoms with Gasteiger partial charge in [-0.25, -0.2) is 20.3 Å². The van der Waals surface area contributed by atoms with Gasteiger partial charge in [0.25, 0.3) is 0 Å². The number of carboxylic acids is 1. The molecule has 1 aromatic carbocycles. The third-order valence-corrected chi connectivity index (χ3v) is 4.03. The Balaban J connectivity index is 1.76. The van der Waals surface area contributed by atoms with Crippen LogP contribution in [0.1, 0.15) is 38.3 Å². The number of aliphatic carboxylic acids is 1. The zero-order chi connectivity index (χ0) is 18.8. The zero-order valence-corrected chi connectivity index (χ0v) is 15.3. The van der Waals surface area contributed by atoms with E-state index in [0.29, 0.717) is 12.3 Å². The number of carbonyl (C=O) groups is 1. The van der Waals surface area contributed by atoms with Crippen LogP contribution in [0.15, 0.2) is 46.1 Å². The number of unbranched alkanes of at least 4 members (excludes halogenated alkanes) is 2. The first-order valence-corrected chi connectivity index (χ1v) is 8.83. The summed E-state index contributed by atoms with van der Waals surface area (Å²) in [7, 11) is 1.66. The fourth-order valence-corrected chi connectivity index (χ4v) is 2.72. The van der Waals surface area contributed by atoms with E-state index in [1.165, 1.54) is 5.12 Å². The van der Waals surface area contributed by atoms with Crippen molar-refractivity contribution in [2.45, 2.75) is 45.1 Å². The molecular formula is C19H26N4O3. The maximum Gasteiger partial charge on any atom is 0.329 e. The molecule has 0 saturated heterocycles. The Morgan fingerprint density at radius 1 is 1.35 bits per heavy atom. The highest BCUT2D eigenvalue weighted by molar-refractivity contribution is 5.73. The monoisotopic (exact) mass is 358 g/mol. The van der Waals surface area contributed by atoms with Crippen molar-refractivity contribution in [2.75, 3.05) is 7.05 Å². The number of nitrogens with zero attached hydrogens (tertiary/aromatic N) is 3. The van der Waals surface area contributed by atoms with Gasteiger partial charge in [-0.05, 0) is 38.3 Å². The number of benzene rings is 1. The van der Waals surface area contributed by atoms with E-state index in [1.807, 2.05) is 30.3 Å². The molecule has 7 heteroatoms. The maximum absolute atomic E-state index is 11.4. The van der Waals surface area contributed by atoms with E-state index in [9.17, 15) is 9.90 Å². The minimum absolute atomic E-state index is 0.529. The summed E-state index contributed by atoms with van der Waals surface area (Å²) in [6, 6.07) is 9.12. The van der Waals surface area contributed by atoms with Gasteiger partial charge in [-0.1, -0.05) is 31.0 Å². The SMILES string of the molecule is C/C=N\N(NC)C(CCCCCc1coc(-c2ccccc2)n1)C(=O)O. The number of carboxylic acid groups (broad SMARTS) is 1. The standard InChI is InChI=1S/C19H26N4O3/c1-3-21-23(20-2)17(19(24)25)13-9-5-8-12-16-14-26-18(22-16)15-10-6-4-7-11-15/h3-4,6-7,10-11,14,17,20H,5,8-9,12-13H2,1-2H3,(H,24,25)/b21-3-. The molecule has 2 aromatic rings. The van der Waals surface area contributed by atoms with Crippen molar-refractivity contribution in [3.63, 3.8) is 0 Å². The minimum Gasteiger partial charge on any atom is -0.480 e. The Labute approximate surface area is 153 Å². The third-order valence-electron chi connectivity index (χ3n) is 4.03. The average Bonchev–Trinajstić information content (AvgIpc) is 3.12. The highest BCUT2D eigenvalue weighted by atomic mass is 16.4. The number of hydrazone groups is 1. The van der Waals surface area contributed by atoms with E-state index in [-0.39, 0.29) is 0 Å². The smallest absolute Gasteiger partial charge is 0.329 e. The Morgan fingerprint density at radius 3 is 2.77 bits per heavy atom. The van der Waals surface area contributed by atoms with Crippen LogP contribution in [0.25, 0.3) is 11.5 Å². The number of hydrogen-bond acceptors (Lipinski definition) is 6. The van der Waals surface area contributed by atoms with E-state index in [0.717, 1.165) is 36.9 Å². The molecule has 0 aliphatic carbocycles. The van der Waals surface area contributed by atoms with Crippen molar-refractivity contribution >= 4 is 12.2 Å². The molecule has 0 aliphatic heterocycles. The molecule has 1 heterocycles. The van der Waals surface area contributed by atoms with Crippen LogP contribution in [0.2, 0.25) is 0 Å². The quantitative estimate of drug-likeness (QED) is 0.364. The lowest BCUT2D eigenvalue weighted by Crippen LogP contribution is -2.44. The second kappa shape index (κ2) is 10.4. The van der Waals surface area contributed by atoms with E-state index in [1.54, 1.807) is 26.4 Å². The van der Waals surface area contributed by atoms with E-state index in [2.05, 4.69) is 15.5 Å². The number of rotatable bonds is 11. The molecule has 0 fully saturated rings. The summed E-state index contributed by atoms with van der Waals surface area (Å²) in [4.78, 5) is 15.9. The lowest BCUT2D eigenvalue weighted by Gasteiger charge is -2.24. The molecule has 2 N–H and O–H groups in total. The van der Waals surface area contributed by atoms with Gasteiger partial charge in [-0.3, -0.25) is 0 Å². The number of aromatic nitrogens is 1. The molecule has 1 unspecified atom stereocenters. The van der Waals surface area contributed by atoms with Crippen molar-refractivity contribution in [2.24, 2.45) is 5.10 Å². The lowest BCUT2D eigenvalue weighted by molar-refractivity contribution is -0.144. The van der Waals surface area contributed by atoms with Crippen LogP contribution in [0, 0.1) is 0 Å². The second-order valence-corrected chi connectivity index (χ2v) is 5.91. The van der Waals surface area contributed by atoms with Crippen molar-refractivity contribution in [3.05, 3.63) is 42.3 Å². The van der Waals surface area contributed by atoms with Gasteiger partial charge < -0.3 is 9.52 Å². The minimum atomic E-state index is -0.881. The molecule has 1 atom stereocenters. The van der Waals surface area contributed by atoms with Crippen LogP contribution in [0.3, 0.4) is 0 Å². The van der Waals surface area contributed by atoms with Gasteiger partial charge in [-0.15, -0.1) is 0 Å². The van der Waals surface area contributed by atoms with Crippen LogP contribution >= 0.6 is 0 Å². The van der Waals surface area contributed by atoms with Crippen LogP contribution in [0.4, 0.5) is 0 Å². The van der Waals surface area contributed by atoms with Crippen molar-refractivity contribution in [1.82, 2.24) is 15.5 Å². The van der Waals surface area contributed by atoms with Gasteiger partial charge in [0.05, 0.1) is 5.69 Å². The molecule has 1 aromatic heterocycles. The van der Waals surface area contributed by atoms with Crippen LogP contribution < -0.4 is 5.43 Å². The molecule has 26 heavy (non-hydrogen) atoms. The van der Waals surface area contributed by atoms with Crippen LogP contribution in [0.5, 0.6) is 0 Å². The number of oxazole rings is 1. The lowest BCUT2D eigenvalue weighted by atomic mass is 10.1. The first-order chi connectivity index (χ1) is 12.7. The fraction of sp³-hybridized carbons (Fsp3) is 0.421. The van der Waals surface area contributed by atoms with Gasteiger partial charge in [0.15, 0.2) is 6.04 Å². The van der Waals surface area contributed by atoms with Crippen molar-refractivity contribution < 1.29 is 14.3 Å². The first kappa shape index (κ1) is 19.7. The van der Waals surface area contributed by atoms with Gasteiger partial charge in [0.1, 0.15) is 6.26 Å². The van der Waals surface area contributed by atoms with Gasteiger partial charge >= 0.3 is 5.97 Å². The molecule has 0 aliphatic rings. The topological polar surface area (TPSA) is 91.0 Å². The highest BCUT2D eigenvalue weighted by Gasteiger charge is 2.23. The van der Waals surface area contributed by atoms with Gasteiger partial charge in [0, 0.05) is 18.8 Å². The first-order valence-electron chi connectivity index (χ1n) is 8.83. The summed E-state index contributed by atoms with van der Waals surface area (Å²) in [5, 5.41) is 14.8. The molecular weight excluding hydrogens is 332 g/mol. The normalized spacial score (nSPS) is 12.4. The molecule has 0 radical (unpaired) electrons. The molecule has 0 amide bonds. The van der Waals surface area contributed by atoms with E-state index in [4.69, 9.17) is 4.42 Å². The third kappa shape index (κ3) is 5.70. The molecule has 2 rings (SSSR count). The summed E-state index contributed by atoms with van der Waals surface area (Å²) in [6.07, 6.45) is 7.27. The summed E-state index contributed by atoms with van der Waals surface area (Å²) in [6.45, 7) is 1.75. The average molecular weight is 358 g/mol. The molecule has 0 spiro atoms.